The number of rotatable bonds is 4. The second kappa shape index (κ2) is 4.96. The SMILES string of the molecule is CCC(C)(C)C(=O)OC1C2CC3CC1CC(C(C)(C)O)(C3)C2. The molecule has 0 aromatic heterocycles. The molecule has 0 aromatic carbocycles. The van der Waals surface area contributed by atoms with Crippen LogP contribution in [0.4, 0.5) is 0 Å². The van der Waals surface area contributed by atoms with E-state index in [1.807, 2.05) is 34.6 Å². The highest BCUT2D eigenvalue weighted by Crippen LogP contribution is 2.64. The van der Waals surface area contributed by atoms with E-state index in [-0.39, 0.29) is 22.9 Å². The maximum atomic E-state index is 12.5. The molecule has 4 rings (SSSR count). The summed E-state index contributed by atoms with van der Waals surface area (Å²) in [5.41, 5.74) is -0.963. The van der Waals surface area contributed by atoms with Crippen LogP contribution in [0.3, 0.4) is 0 Å². The minimum Gasteiger partial charge on any atom is -0.461 e. The van der Waals surface area contributed by atoms with Crippen LogP contribution in [0.15, 0.2) is 0 Å². The van der Waals surface area contributed by atoms with Crippen LogP contribution < -0.4 is 0 Å². The van der Waals surface area contributed by atoms with Crippen molar-refractivity contribution in [2.24, 2.45) is 28.6 Å². The molecule has 0 heterocycles. The van der Waals surface area contributed by atoms with E-state index in [1.165, 1.54) is 12.8 Å². The van der Waals surface area contributed by atoms with Gasteiger partial charge in [0.2, 0.25) is 0 Å². The van der Waals surface area contributed by atoms with Crippen molar-refractivity contribution in [1.82, 2.24) is 0 Å². The molecule has 0 aromatic rings. The molecule has 4 saturated carbocycles. The molecular weight excluding hydrogens is 276 g/mol. The highest BCUT2D eigenvalue weighted by molar-refractivity contribution is 5.76. The summed E-state index contributed by atoms with van der Waals surface area (Å²) < 4.78 is 6.02. The van der Waals surface area contributed by atoms with Crippen molar-refractivity contribution in [3.05, 3.63) is 0 Å². The highest BCUT2D eigenvalue weighted by atomic mass is 16.5. The third-order valence-corrected chi connectivity index (χ3v) is 7.16. The largest absolute Gasteiger partial charge is 0.461 e. The number of hydrogen-bond acceptors (Lipinski definition) is 3. The standard InChI is InChI=1S/C19H32O3/c1-6-17(2,3)16(20)22-15-13-7-12-8-14(15)11-19(9-12,10-13)18(4,5)21/h12-15,21H,6-11H2,1-5H3. The van der Waals surface area contributed by atoms with Crippen molar-refractivity contribution in [3.63, 3.8) is 0 Å². The normalized spacial score (nSPS) is 40.8. The zero-order valence-corrected chi connectivity index (χ0v) is 14.8. The number of carbonyl (C=O) groups excluding carboxylic acids is 1. The van der Waals surface area contributed by atoms with Crippen LogP contribution in [0.1, 0.15) is 73.1 Å². The molecule has 126 valence electrons. The minimum atomic E-state index is -0.625. The summed E-state index contributed by atoms with van der Waals surface area (Å²) >= 11 is 0. The van der Waals surface area contributed by atoms with Gasteiger partial charge in [-0.1, -0.05) is 6.92 Å². The van der Waals surface area contributed by atoms with Crippen molar-refractivity contribution in [2.45, 2.75) is 84.8 Å². The van der Waals surface area contributed by atoms with Gasteiger partial charge in [0.25, 0.3) is 0 Å². The molecule has 22 heavy (non-hydrogen) atoms. The van der Waals surface area contributed by atoms with Crippen LogP contribution in [-0.4, -0.2) is 22.8 Å². The summed E-state index contributed by atoms with van der Waals surface area (Å²) in [5.74, 6) is 1.59. The lowest BCUT2D eigenvalue weighted by Gasteiger charge is -2.63. The molecule has 3 heteroatoms. The lowest BCUT2D eigenvalue weighted by atomic mass is 9.45. The number of aliphatic hydroxyl groups is 1. The van der Waals surface area contributed by atoms with E-state index in [1.54, 1.807) is 0 Å². The Bertz CT molecular complexity index is 444. The zero-order valence-electron chi connectivity index (χ0n) is 14.8. The summed E-state index contributed by atoms with van der Waals surface area (Å²) in [4.78, 5) is 12.5. The average Bonchev–Trinajstić information content (AvgIpc) is 2.40. The predicted octanol–water partition coefficient (Wildman–Crippen LogP) is 3.93. The molecule has 4 aliphatic rings. The van der Waals surface area contributed by atoms with Gasteiger partial charge in [0.1, 0.15) is 6.10 Å². The van der Waals surface area contributed by atoms with Gasteiger partial charge in [-0.3, -0.25) is 4.79 Å². The summed E-state index contributed by atoms with van der Waals surface area (Å²) in [5, 5.41) is 10.7. The zero-order chi connectivity index (χ0) is 16.3. The van der Waals surface area contributed by atoms with E-state index >= 15 is 0 Å². The van der Waals surface area contributed by atoms with Crippen LogP contribution in [0.2, 0.25) is 0 Å². The van der Waals surface area contributed by atoms with Crippen LogP contribution in [-0.2, 0) is 9.53 Å². The molecular formula is C19H32O3. The van der Waals surface area contributed by atoms with Crippen molar-refractivity contribution >= 4 is 5.97 Å². The Morgan fingerprint density at radius 3 is 2.14 bits per heavy atom. The monoisotopic (exact) mass is 308 g/mol. The number of esters is 1. The Labute approximate surface area is 134 Å². The summed E-state index contributed by atoms with van der Waals surface area (Å²) in [7, 11) is 0. The maximum Gasteiger partial charge on any atom is 0.311 e. The molecule has 4 aliphatic carbocycles. The van der Waals surface area contributed by atoms with E-state index in [0.717, 1.165) is 31.6 Å². The van der Waals surface area contributed by atoms with Gasteiger partial charge in [-0.2, -0.15) is 0 Å². The summed E-state index contributed by atoms with van der Waals surface area (Å²) in [6, 6.07) is 0. The topological polar surface area (TPSA) is 46.5 Å². The van der Waals surface area contributed by atoms with Crippen LogP contribution >= 0.6 is 0 Å². The summed E-state index contributed by atoms with van der Waals surface area (Å²) in [6.07, 6.45) is 6.46. The molecule has 2 unspecified atom stereocenters. The first-order valence-corrected chi connectivity index (χ1v) is 9.01. The summed E-state index contributed by atoms with van der Waals surface area (Å²) in [6.45, 7) is 9.94. The van der Waals surface area contributed by atoms with Gasteiger partial charge in [0.15, 0.2) is 0 Å². The molecule has 0 radical (unpaired) electrons. The van der Waals surface area contributed by atoms with Crippen molar-refractivity contribution < 1.29 is 14.6 Å². The van der Waals surface area contributed by atoms with E-state index in [0.29, 0.717) is 11.8 Å². The number of carbonyl (C=O) groups is 1. The Balaban J connectivity index is 1.78. The van der Waals surface area contributed by atoms with Gasteiger partial charge in [-0.25, -0.2) is 0 Å². The van der Waals surface area contributed by atoms with E-state index in [2.05, 4.69) is 0 Å². The molecule has 1 N–H and O–H groups in total. The lowest BCUT2D eigenvalue weighted by Crippen LogP contribution is -2.61. The Hall–Kier alpha value is -0.570. The maximum absolute atomic E-state index is 12.5. The van der Waals surface area contributed by atoms with Crippen molar-refractivity contribution in [2.75, 3.05) is 0 Å². The third-order valence-electron chi connectivity index (χ3n) is 7.16. The van der Waals surface area contributed by atoms with Gasteiger partial charge in [-0.15, -0.1) is 0 Å². The van der Waals surface area contributed by atoms with Crippen LogP contribution in [0.5, 0.6) is 0 Å². The molecule has 0 saturated heterocycles. The first kappa shape index (κ1) is 16.3. The average molecular weight is 308 g/mol. The fourth-order valence-corrected chi connectivity index (χ4v) is 5.35. The molecule has 0 aliphatic heterocycles. The fraction of sp³-hybridized carbons (Fsp3) is 0.947. The Kier molecular flexibility index (Phi) is 3.67. The highest BCUT2D eigenvalue weighted by Gasteiger charge is 2.61. The molecule has 0 spiro atoms. The molecule has 3 nitrogen and oxygen atoms in total. The quantitative estimate of drug-likeness (QED) is 0.800. The molecule has 4 fully saturated rings. The van der Waals surface area contributed by atoms with Crippen LogP contribution in [0.25, 0.3) is 0 Å². The van der Waals surface area contributed by atoms with E-state index < -0.39 is 5.60 Å². The second-order valence-corrected chi connectivity index (χ2v) is 9.42. The third kappa shape index (κ3) is 2.40. The van der Waals surface area contributed by atoms with Gasteiger partial charge < -0.3 is 9.84 Å². The predicted molar refractivity (Wildman–Crippen MR) is 86.2 cm³/mol. The van der Waals surface area contributed by atoms with E-state index in [9.17, 15) is 9.90 Å². The first-order chi connectivity index (χ1) is 10.1. The van der Waals surface area contributed by atoms with Crippen LogP contribution in [0, 0.1) is 28.6 Å². The Morgan fingerprint density at radius 2 is 1.68 bits per heavy atom. The Morgan fingerprint density at radius 1 is 1.14 bits per heavy atom. The van der Waals surface area contributed by atoms with E-state index in [4.69, 9.17) is 4.74 Å². The van der Waals surface area contributed by atoms with Gasteiger partial charge in [-0.05, 0) is 89.4 Å². The fourth-order valence-electron chi connectivity index (χ4n) is 5.35. The van der Waals surface area contributed by atoms with Gasteiger partial charge >= 0.3 is 5.97 Å². The van der Waals surface area contributed by atoms with Crippen molar-refractivity contribution in [1.29, 1.82) is 0 Å². The van der Waals surface area contributed by atoms with Gasteiger partial charge in [0, 0.05) is 0 Å². The second-order valence-electron chi connectivity index (χ2n) is 9.42. The number of ether oxygens (including phenoxy) is 1. The lowest BCUT2D eigenvalue weighted by molar-refractivity contribution is -0.217. The molecule has 0 amide bonds. The molecule has 4 bridgehead atoms. The smallest absolute Gasteiger partial charge is 0.311 e. The number of hydrogen-bond donors (Lipinski definition) is 1. The van der Waals surface area contributed by atoms with Gasteiger partial charge in [0.05, 0.1) is 11.0 Å². The molecule has 2 atom stereocenters. The first-order valence-electron chi connectivity index (χ1n) is 9.01. The van der Waals surface area contributed by atoms with Crippen molar-refractivity contribution in [3.8, 4) is 0 Å². The minimum absolute atomic E-state index is 0.0372.